The van der Waals surface area contributed by atoms with Crippen LogP contribution in [0.3, 0.4) is 0 Å². The van der Waals surface area contributed by atoms with Crippen LogP contribution >= 0.6 is 0 Å². The van der Waals surface area contributed by atoms with Gasteiger partial charge in [-0.2, -0.15) is 0 Å². The molecule has 6 heteroatoms. The van der Waals surface area contributed by atoms with Gasteiger partial charge in [-0.3, -0.25) is 14.5 Å². The second kappa shape index (κ2) is 10.00. The monoisotopic (exact) mass is 419 g/mol. The van der Waals surface area contributed by atoms with Gasteiger partial charge in [0.25, 0.3) is 0 Å². The second-order valence-corrected chi connectivity index (χ2v) is 7.54. The largest absolute Gasteiger partial charge is 0.324 e. The van der Waals surface area contributed by atoms with Crippen molar-refractivity contribution in [3.05, 3.63) is 95.3 Å². The first-order valence-electron chi connectivity index (χ1n) is 10.0. The molecule has 0 spiro atoms. The average Bonchev–Trinajstić information content (AvgIpc) is 2.73. The second-order valence-electron chi connectivity index (χ2n) is 7.54. The van der Waals surface area contributed by atoms with E-state index < -0.39 is 6.04 Å². The summed E-state index contributed by atoms with van der Waals surface area (Å²) in [4.78, 5) is 27.6. The van der Waals surface area contributed by atoms with E-state index in [-0.39, 0.29) is 24.2 Å². The average molecular weight is 420 g/mol. The summed E-state index contributed by atoms with van der Waals surface area (Å²) in [5, 5.41) is 5.77. The predicted octanol–water partition coefficient (Wildman–Crippen LogP) is 4.69. The lowest BCUT2D eigenvalue weighted by Gasteiger charge is -2.27. The SMILES string of the molecule is Cc1cccc(C)c1NC(=O)CN(C)C(C(=O)Nc1ccc(F)cc1)c1ccccc1. The van der Waals surface area contributed by atoms with Crippen molar-refractivity contribution >= 4 is 23.2 Å². The molecular weight excluding hydrogens is 393 g/mol. The van der Waals surface area contributed by atoms with Gasteiger partial charge in [0, 0.05) is 11.4 Å². The Labute approximate surface area is 181 Å². The number of likely N-dealkylation sites (N-methyl/N-ethyl adjacent to an activating group) is 1. The molecule has 5 nitrogen and oxygen atoms in total. The van der Waals surface area contributed by atoms with Gasteiger partial charge in [-0.1, -0.05) is 48.5 Å². The summed E-state index contributed by atoms with van der Waals surface area (Å²) in [6, 6.07) is 19.9. The quantitative estimate of drug-likeness (QED) is 0.584. The van der Waals surface area contributed by atoms with E-state index in [1.165, 1.54) is 24.3 Å². The minimum absolute atomic E-state index is 0.0180. The Balaban J connectivity index is 1.77. The Morgan fingerprint density at radius 1 is 0.871 bits per heavy atom. The summed E-state index contributed by atoms with van der Waals surface area (Å²) in [5.74, 6) is -0.895. The number of hydrogen-bond donors (Lipinski definition) is 2. The number of hydrogen-bond acceptors (Lipinski definition) is 3. The zero-order chi connectivity index (χ0) is 22.4. The van der Waals surface area contributed by atoms with E-state index in [0.29, 0.717) is 5.69 Å². The molecule has 3 aromatic rings. The van der Waals surface area contributed by atoms with Crippen molar-refractivity contribution < 1.29 is 14.0 Å². The number of rotatable bonds is 7. The molecule has 0 bridgehead atoms. The van der Waals surface area contributed by atoms with Gasteiger partial charge < -0.3 is 10.6 Å². The van der Waals surface area contributed by atoms with E-state index in [9.17, 15) is 14.0 Å². The highest BCUT2D eigenvalue weighted by molar-refractivity contribution is 5.97. The first-order chi connectivity index (χ1) is 14.8. The van der Waals surface area contributed by atoms with E-state index >= 15 is 0 Å². The number of aryl methyl sites for hydroxylation is 2. The van der Waals surface area contributed by atoms with Gasteiger partial charge in [0.15, 0.2) is 0 Å². The van der Waals surface area contributed by atoms with Crippen LogP contribution in [0.4, 0.5) is 15.8 Å². The fourth-order valence-corrected chi connectivity index (χ4v) is 3.49. The maximum absolute atomic E-state index is 13.2. The van der Waals surface area contributed by atoms with Crippen LogP contribution in [0, 0.1) is 19.7 Å². The third kappa shape index (κ3) is 5.77. The third-order valence-electron chi connectivity index (χ3n) is 5.05. The van der Waals surface area contributed by atoms with Crippen molar-refractivity contribution in [1.82, 2.24) is 4.90 Å². The Hall–Kier alpha value is -3.51. The van der Waals surface area contributed by atoms with E-state index in [1.807, 2.05) is 62.4 Å². The smallest absolute Gasteiger partial charge is 0.246 e. The number of nitrogens with zero attached hydrogens (tertiary/aromatic N) is 1. The van der Waals surface area contributed by atoms with Gasteiger partial charge in [-0.05, 0) is 61.9 Å². The highest BCUT2D eigenvalue weighted by Crippen LogP contribution is 2.23. The summed E-state index contributed by atoms with van der Waals surface area (Å²) in [6.07, 6.45) is 0. The van der Waals surface area contributed by atoms with Crippen molar-refractivity contribution in [2.75, 3.05) is 24.2 Å². The lowest BCUT2D eigenvalue weighted by molar-refractivity contribution is -0.123. The summed E-state index contributed by atoms with van der Waals surface area (Å²) in [5.41, 5.74) is 3.98. The molecule has 1 atom stereocenters. The standard InChI is InChI=1S/C25H26FN3O2/c1-17-8-7-9-18(2)23(17)28-22(30)16-29(3)24(19-10-5-4-6-11-19)25(31)27-21-14-12-20(26)13-15-21/h4-15,24H,16H2,1-3H3,(H,27,31)(H,28,30). The topological polar surface area (TPSA) is 61.4 Å². The normalized spacial score (nSPS) is 11.8. The number of halogens is 1. The number of carbonyl (C=O) groups is 2. The molecule has 0 saturated heterocycles. The number of amides is 2. The molecular formula is C25H26FN3O2. The number of para-hydroxylation sites is 1. The molecule has 0 heterocycles. The van der Waals surface area contributed by atoms with E-state index in [4.69, 9.17) is 0 Å². The Kier molecular flexibility index (Phi) is 7.15. The molecule has 160 valence electrons. The lowest BCUT2D eigenvalue weighted by atomic mass is 10.0. The van der Waals surface area contributed by atoms with Gasteiger partial charge in [-0.15, -0.1) is 0 Å². The van der Waals surface area contributed by atoms with Crippen LogP contribution in [0.2, 0.25) is 0 Å². The summed E-state index contributed by atoms with van der Waals surface area (Å²) >= 11 is 0. The van der Waals surface area contributed by atoms with E-state index in [1.54, 1.807) is 11.9 Å². The minimum atomic E-state index is -0.699. The molecule has 0 fully saturated rings. The molecule has 2 N–H and O–H groups in total. The predicted molar refractivity (Wildman–Crippen MR) is 121 cm³/mol. The molecule has 0 aromatic heterocycles. The van der Waals surface area contributed by atoms with Crippen molar-refractivity contribution in [3.8, 4) is 0 Å². The fourth-order valence-electron chi connectivity index (χ4n) is 3.49. The first-order valence-corrected chi connectivity index (χ1v) is 10.0. The number of nitrogens with one attached hydrogen (secondary N) is 2. The highest BCUT2D eigenvalue weighted by atomic mass is 19.1. The molecule has 3 aromatic carbocycles. The summed E-state index contributed by atoms with van der Waals surface area (Å²) in [7, 11) is 1.73. The maximum atomic E-state index is 13.2. The number of benzene rings is 3. The van der Waals surface area contributed by atoms with Gasteiger partial charge in [0.1, 0.15) is 11.9 Å². The van der Waals surface area contributed by atoms with Gasteiger partial charge in [0.05, 0.1) is 6.54 Å². The van der Waals surface area contributed by atoms with Crippen molar-refractivity contribution in [1.29, 1.82) is 0 Å². The number of anilines is 2. The van der Waals surface area contributed by atoms with Crippen LogP contribution in [0.25, 0.3) is 0 Å². The summed E-state index contributed by atoms with van der Waals surface area (Å²) in [6.45, 7) is 3.90. The fraction of sp³-hybridized carbons (Fsp3) is 0.200. The van der Waals surface area contributed by atoms with Crippen LogP contribution in [0.1, 0.15) is 22.7 Å². The van der Waals surface area contributed by atoms with Crippen molar-refractivity contribution in [2.24, 2.45) is 0 Å². The lowest BCUT2D eigenvalue weighted by Crippen LogP contribution is -2.39. The maximum Gasteiger partial charge on any atom is 0.246 e. The zero-order valence-corrected chi connectivity index (χ0v) is 17.9. The molecule has 0 aliphatic rings. The van der Waals surface area contributed by atoms with Crippen molar-refractivity contribution in [3.63, 3.8) is 0 Å². The van der Waals surface area contributed by atoms with Crippen LogP contribution in [0.15, 0.2) is 72.8 Å². The molecule has 31 heavy (non-hydrogen) atoms. The van der Waals surface area contributed by atoms with Gasteiger partial charge >= 0.3 is 0 Å². The third-order valence-corrected chi connectivity index (χ3v) is 5.05. The number of carbonyl (C=O) groups excluding carboxylic acids is 2. The van der Waals surface area contributed by atoms with Crippen LogP contribution in [-0.4, -0.2) is 30.3 Å². The Morgan fingerprint density at radius 2 is 1.48 bits per heavy atom. The summed E-state index contributed by atoms with van der Waals surface area (Å²) < 4.78 is 13.2. The Morgan fingerprint density at radius 3 is 2.10 bits per heavy atom. The van der Waals surface area contributed by atoms with Crippen LogP contribution in [0.5, 0.6) is 0 Å². The van der Waals surface area contributed by atoms with Crippen molar-refractivity contribution in [2.45, 2.75) is 19.9 Å². The van der Waals surface area contributed by atoms with E-state index in [2.05, 4.69) is 10.6 Å². The first kappa shape index (κ1) is 22.2. The van der Waals surface area contributed by atoms with Gasteiger partial charge in [-0.25, -0.2) is 4.39 Å². The van der Waals surface area contributed by atoms with Crippen LogP contribution in [-0.2, 0) is 9.59 Å². The molecule has 0 aliphatic heterocycles. The van der Waals surface area contributed by atoms with E-state index in [0.717, 1.165) is 22.4 Å². The molecule has 0 saturated carbocycles. The molecule has 2 amide bonds. The highest BCUT2D eigenvalue weighted by Gasteiger charge is 2.27. The molecule has 0 radical (unpaired) electrons. The van der Waals surface area contributed by atoms with Crippen LogP contribution < -0.4 is 10.6 Å². The van der Waals surface area contributed by atoms with Gasteiger partial charge in [0.2, 0.25) is 11.8 Å². The molecule has 1 unspecified atom stereocenters. The zero-order valence-electron chi connectivity index (χ0n) is 17.9. The molecule has 0 aliphatic carbocycles. The minimum Gasteiger partial charge on any atom is -0.324 e. The Bertz CT molecular complexity index is 1030. The molecule has 3 rings (SSSR count).